The average Bonchev–Trinajstić information content (AvgIpc) is 2.66. The van der Waals surface area contributed by atoms with Gasteiger partial charge in [-0.3, -0.25) is 4.79 Å². The number of carbonyl (C=O) groups excluding carboxylic acids is 1. The first-order chi connectivity index (χ1) is 7.70. The summed E-state index contributed by atoms with van der Waals surface area (Å²) in [5, 5.41) is 3.81. The van der Waals surface area contributed by atoms with Crippen LogP contribution in [-0.2, 0) is 10.2 Å². The molecule has 2 nitrogen and oxygen atoms in total. The molecule has 2 bridgehead atoms. The second kappa shape index (κ2) is 3.49. The lowest BCUT2D eigenvalue weighted by molar-refractivity contribution is -0.126. The van der Waals surface area contributed by atoms with Gasteiger partial charge in [0.15, 0.2) is 0 Å². The summed E-state index contributed by atoms with van der Waals surface area (Å²) in [6.07, 6.45) is 3.09. The smallest absolute Gasteiger partial charge is 0.223 e. The topological polar surface area (TPSA) is 29.1 Å². The molecule has 1 aromatic carbocycles. The molecule has 2 aliphatic rings. The van der Waals surface area contributed by atoms with Crippen molar-refractivity contribution in [2.75, 3.05) is 6.54 Å². The van der Waals surface area contributed by atoms with E-state index in [-0.39, 0.29) is 17.2 Å². The highest BCUT2D eigenvalue weighted by Crippen LogP contribution is 2.46. The van der Waals surface area contributed by atoms with Crippen molar-refractivity contribution in [1.29, 1.82) is 0 Å². The van der Waals surface area contributed by atoms with E-state index in [0.717, 1.165) is 30.8 Å². The maximum Gasteiger partial charge on any atom is 0.223 e. The van der Waals surface area contributed by atoms with E-state index in [1.165, 1.54) is 5.56 Å². The Hall–Kier alpha value is -1.02. The second-order valence-electron chi connectivity index (χ2n) is 4.95. The first-order valence-electron chi connectivity index (χ1n) is 5.73. The monoisotopic (exact) mass is 235 g/mol. The normalized spacial score (nSPS) is 32.6. The first-order valence-corrected chi connectivity index (χ1v) is 6.11. The Morgan fingerprint density at radius 1 is 1.44 bits per heavy atom. The van der Waals surface area contributed by atoms with Crippen LogP contribution in [0.5, 0.6) is 0 Å². The summed E-state index contributed by atoms with van der Waals surface area (Å²) in [5.41, 5.74) is 1.42. The predicted octanol–water partition coefficient (Wildman–Crippen LogP) is 2.51. The number of benzene rings is 1. The van der Waals surface area contributed by atoms with Crippen molar-refractivity contribution >= 4 is 17.5 Å². The van der Waals surface area contributed by atoms with E-state index in [1.807, 2.05) is 18.2 Å². The summed E-state index contributed by atoms with van der Waals surface area (Å²) in [6, 6.07) is 8.07. The summed E-state index contributed by atoms with van der Waals surface area (Å²) in [5.74, 6) is 0.447. The molecule has 1 saturated heterocycles. The SMILES string of the molecule is O=C1NCC2(c3cccc(Cl)c3)CCC1C2. The van der Waals surface area contributed by atoms with Crippen molar-refractivity contribution in [2.45, 2.75) is 24.7 Å². The Balaban J connectivity index is 1.98. The molecule has 0 radical (unpaired) electrons. The van der Waals surface area contributed by atoms with Crippen LogP contribution in [0, 0.1) is 5.92 Å². The lowest BCUT2D eigenvalue weighted by Gasteiger charge is -2.34. The Labute approximate surface area is 100.0 Å². The van der Waals surface area contributed by atoms with Crippen LogP contribution in [0.3, 0.4) is 0 Å². The minimum absolute atomic E-state index is 0.142. The van der Waals surface area contributed by atoms with Gasteiger partial charge in [0.1, 0.15) is 0 Å². The lowest BCUT2D eigenvalue weighted by atomic mass is 9.76. The zero-order chi connectivity index (χ0) is 11.2. The van der Waals surface area contributed by atoms with Gasteiger partial charge in [-0.15, -0.1) is 0 Å². The molecule has 84 valence electrons. The summed E-state index contributed by atoms with van der Waals surface area (Å²) in [4.78, 5) is 11.6. The number of carbonyl (C=O) groups is 1. The van der Waals surface area contributed by atoms with Crippen LogP contribution >= 0.6 is 11.6 Å². The molecule has 16 heavy (non-hydrogen) atoms. The van der Waals surface area contributed by atoms with Crippen molar-refractivity contribution in [3.63, 3.8) is 0 Å². The fourth-order valence-electron chi connectivity index (χ4n) is 3.09. The molecule has 2 fully saturated rings. The van der Waals surface area contributed by atoms with Crippen molar-refractivity contribution in [1.82, 2.24) is 5.32 Å². The minimum atomic E-state index is 0.142. The number of halogens is 1. The van der Waals surface area contributed by atoms with E-state index in [9.17, 15) is 4.79 Å². The third-order valence-corrected chi connectivity index (χ3v) is 4.25. The van der Waals surface area contributed by atoms with Crippen LogP contribution in [0.15, 0.2) is 24.3 Å². The van der Waals surface area contributed by atoms with E-state index in [4.69, 9.17) is 11.6 Å². The molecule has 1 amide bonds. The number of fused-ring (bicyclic) bond motifs is 2. The molecule has 0 aromatic heterocycles. The number of amides is 1. The standard InChI is InChI=1S/C13H14ClNO/c14-11-3-1-2-10(6-11)13-5-4-9(7-13)12(16)15-8-13/h1-3,6,9H,4-5,7-8H2,(H,15,16). The zero-order valence-electron chi connectivity index (χ0n) is 9.00. The summed E-state index contributed by atoms with van der Waals surface area (Å²) >= 11 is 6.04. The van der Waals surface area contributed by atoms with E-state index in [1.54, 1.807) is 0 Å². The van der Waals surface area contributed by atoms with Gasteiger partial charge in [0.25, 0.3) is 0 Å². The molecule has 0 spiro atoms. The Bertz CT molecular complexity index is 445. The van der Waals surface area contributed by atoms with E-state index < -0.39 is 0 Å². The fraction of sp³-hybridized carbons (Fsp3) is 0.462. The zero-order valence-corrected chi connectivity index (χ0v) is 9.76. The van der Waals surface area contributed by atoms with Gasteiger partial charge in [-0.05, 0) is 37.0 Å². The number of piperidine rings is 1. The van der Waals surface area contributed by atoms with E-state index >= 15 is 0 Å². The number of hydrogen-bond donors (Lipinski definition) is 1. The predicted molar refractivity (Wildman–Crippen MR) is 63.5 cm³/mol. The van der Waals surface area contributed by atoms with Crippen LogP contribution in [0.4, 0.5) is 0 Å². The van der Waals surface area contributed by atoms with Crippen molar-refractivity contribution < 1.29 is 4.79 Å². The maximum absolute atomic E-state index is 11.6. The number of nitrogens with one attached hydrogen (secondary N) is 1. The Morgan fingerprint density at radius 2 is 2.31 bits per heavy atom. The van der Waals surface area contributed by atoms with Gasteiger partial charge in [0.2, 0.25) is 5.91 Å². The van der Waals surface area contributed by atoms with E-state index in [2.05, 4.69) is 11.4 Å². The fourth-order valence-corrected chi connectivity index (χ4v) is 3.28. The first kappa shape index (κ1) is 10.2. The van der Waals surface area contributed by atoms with Gasteiger partial charge in [-0.1, -0.05) is 23.7 Å². The molecule has 1 aliphatic heterocycles. The van der Waals surface area contributed by atoms with Gasteiger partial charge in [-0.25, -0.2) is 0 Å². The molecule has 1 aromatic rings. The molecule has 1 heterocycles. The highest BCUT2D eigenvalue weighted by molar-refractivity contribution is 6.30. The largest absolute Gasteiger partial charge is 0.355 e. The Morgan fingerprint density at radius 3 is 3.12 bits per heavy atom. The molecule has 2 atom stereocenters. The summed E-state index contributed by atoms with van der Waals surface area (Å²) < 4.78 is 0. The molecular weight excluding hydrogens is 222 g/mol. The van der Waals surface area contributed by atoms with Crippen molar-refractivity contribution in [2.24, 2.45) is 5.92 Å². The van der Waals surface area contributed by atoms with Crippen LogP contribution in [0.1, 0.15) is 24.8 Å². The summed E-state index contributed by atoms with van der Waals surface area (Å²) in [7, 11) is 0. The lowest BCUT2D eigenvalue weighted by Crippen LogP contribution is -2.45. The quantitative estimate of drug-likeness (QED) is 0.796. The maximum atomic E-state index is 11.6. The second-order valence-corrected chi connectivity index (χ2v) is 5.38. The third-order valence-electron chi connectivity index (χ3n) is 4.02. The van der Waals surface area contributed by atoms with Crippen LogP contribution in [0.25, 0.3) is 0 Å². The minimum Gasteiger partial charge on any atom is -0.355 e. The molecule has 1 saturated carbocycles. The van der Waals surface area contributed by atoms with Crippen LogP contribution in [0.2, 0.25) is 5.02 Å². The van der Waals surface area contributed by atoms with Gasteiger partial charge >= 0.3 is 0 Å². The van der Waals surface area contributed by atoms with Gasteiger partial charge in [0, 0.05) is 22.9 Å². The molecule has 2 unspecified atom stereocenters. The van der Waals surface area contributed by atoms with Gasteiger partial charge in [0.05, 0.1) is 0 Å². The third kappa shape index (κ3) is 1.44. The van der Waals surface area contributed by atoms with Crippen LogP contribution in [-0.4, -0.2) is 12.5 Å². The van der Waals surface area contributed by atoms with Crippen molar-refractivity contribution in [3.8, 4) is 0 Å². The summed E-state index contributed by atoms with van der Waals surface area (Å²) in [6.45, 7) is 0.767. The molecule has 3 rings (SSSR count). The van der Waals surface area contributed by atoms with E-state index in [0.29, 0.717) is 0 Å². The highest BCUT2D eigenvalue weighted by atomic mass is 35.5. The molecular formula is C13H14ClNO. The number of rotatable bonds is 1. The molecule has 1 aliphatic carbocycles. The molecule has 1 N–H and O–H groups in total. The molecule has 3 heteroatoms. The van der Waals surface area contributed by atoms with Crippen molar-refractivity contribution in [3.05, 3.63) is 34.9 Å². The number of hydrogen-bond acceptors (Lipinski definition) is 1. The average molecular weight is 236 g/mol. The highest BCUT2D eigenvalue weighted by Gasteiger charge is 2.46. The Kier molecular flexibility index (Phi) is 2.21. The van der Waals surface area contributed by atoms with Gasteiger partial charge in [-0.2, -0.15) is 0 Å². The van der Waals surface area contributed by atoms with Crippen LogP contribution < -0.4 is 5.32 Å². The van der Waals surface area contributed by atoms with Gasteiger partial charge < -0.3 is 5.32 Å².